The number of hydrogen-bond donors (Lipinski definition) is 1. The molecule has 2 radical (unpaired) electrons. The second-order valence-corrected chi connectivity index (χ2v) is 10.9. The Labute approximate surface area is 173 Å². The first-order chi connectivity index (χ1) is 13.1. The van der Waals surface area contributed by atoms with Crippen LogP contribution in [0.25, 0.3) is 0 Å². The zero-order chi connectivity index (χ0) is 20.7. The predicted molar refractivity (Wildman–Crippen MR) is 106 cm³/mol. The molecule has 3 rings (SSSR count). The van der Waals surface area contributed by atoms with Crippen molar-refractivity contribution in [2.24, 2.45) is 5.73 Å². The minimum atomic E-state index is -1.08. The van der Waals surface area contributed by atoms with Crippen molar-refractivity contribution in [2.75, 3.05) is 32.1 Å². The third kappa shape index (κ3) is 4.10. The fourth-order valence-electron chi connectivity index (χ4n) is 3.24. The molecule has 0 spiro atoms. The van der Waals surface area contributed by atoms with E-state index >= 15 is 0 Å². The van der Waals surface area contributed by atoms with E-state index < -0.39 is 27.8 Å². The fraction of sp³-hybridized carbons (Fsp3) is 0.812. The summed E-state index contributed by atoms with van der Waals surface area (Å²) in [6.07, 6.45) is -0.419. The van der Waals surface area contributed by atoms with Gasteiger partial charge in [0.25, 0.3) is 0 Å². The zero-order valence-corrected chi connectivity index (χ0v) is 17.7. The molecule has 3 fully saturated rings. The highest BCUT2D eigenvalue weighted by molar-refractivity contribution is 8.20. The van der Waals surface area contributed by atoms with Crippen LogP contribution in [0.15, 0.2) is 0 Å². The van der Waals surface area contributed by atoms with Gasteiger partial charge >= 0.3 is 20.1 Å². The molecule has 0 aromatic heterocycles. The predicted octanol–water partition coefficient (Wildman–Crippen LogP) is -0.0791. The molecule has 2 N–H and O–H groups in total. The Kier molecular flexibility index (Phi) is 6.14. The Morgan fingerprint density at radius 2 is 2.18 bits per heavy atom. The number of rotatable bonds is 4. The van der Waals surface area contributed by atoms with Gasteiger partial charge in [0.1, 0.15) is 17.0 Å². The van der Waals surface area contributed by atoms with E-state index in [4.69, 9.17) is 23.3 Å². The van der Waals surface area contributed by atoms with Crippen LogP contribution in [0, 0.1) is 0 Å². The van der Waals surface area contributed by atoms with Gasteiger partial charge in [0.2, 0.25) is 5.91 Å². The normalized spacial score (nSPS) is 32.6. The quantitative estimate of drug-likeness (QED) is 0.485. The number of carbonyl (C=O) groups is 3. The number of fused-ring (bicyclic) bond motifs is 1. The summed E-state index contributed by atoms with van der Waals surface area (Å²) in [5.41, 5.74) is 5.23. The van der Waals surface area contributed by atoms with E-state index in [1.54, 1.807) is 30.6 Å². The lowest BCUT2D eigenvalue weighted by Gasteiger charge is -2.38. The van der Waals surface area contributed by atoms with Gasteiger partial charge in [-0.05, 0) is 20.8 Å². The number of carbonyl (C=O) groups excluding carboxylic acids is 3. The van der Waals surface area contributed by atoms with Gasteiger partial charge in [0.15, 0.2) is 4.08 Å². The van der Waals surface area contributed by atoms with Crippen molar-refractivity contribution in [3.63, 3.8) is 0 Å². The van der Waals surface area contributed by atoms with E-state index in [1.165, 1.54) is 23.5 Å². The van der Waals surface area contributed by atoms with Crippen molar-refractivity contribution in [1.29, 1.82) is 0 Å². The zero-order valence-electron chi connectivity index (χ0n) is 16.1. The van der Waals surface area contributed by atoms with E-state index in [0.29, 0.717) is 25.5 Å². The summed E-state index contributed by atoms with van der Waals surface area (Å²) in [6, 6.07) is -0.913. The van der Waals surface area contributed by atoms with Gasteiger partial charge in [-0.2, -0.15) is 0 Å². The molecule has 154 valence electrons. The van der Waals surface area contributed by atoms with Crippen LogP contribution in [-0.4, -0.2) is 95.0 Å². The maximum Gasteiger partial charge on any atom is 0.410 e. The second-order valence-electron chi connectivity index (χ2n) is 7.87. The topological polar surface area (TPSA) is 111 Å². The Balaban J connectivity index is 1.69. The van der Waals surface area contributed by atoms with E-state index in [1.807, 2.05) is 0 Å². The number of hydrogen-bond acceptors (Lipinski definition) is 9. The highest BCUT2D eigenvalue weighted by atomic mass is 32.2. The summed E-state index contributed by atoms with van der Waals surface area (Å²) in [5, 5.41) is -0.274. The molecule has 0 aliphatic carbocycles. The summed E-state index contributed by atoms with van der Waals surface area (Å²) >= 11 is 2.56. The van der Waals surface area contributed by atoms with Crippen LogP contribution in [0.3, 0.4) is 0 Å². The number of nitrogens with two attached hydrogens (primary N) is 1. The molecule has 4 atom stereocenters. The van der Waals surface area contributed by atoms with Crippen molar-refractivity contribution >= 4 is 49.5 Å². The lowest BCUT2D eigenvalue weighted by atomic mass is 10.1. The Morgan fingerprint density at radius 1 is 1.46 bits per heavy atom. The van der Waals surface area contributed by atoms with Crippen LogP contribution in [0.4, 0.5) is 4.79 Å². The molecule has 12 heteroatoms. The largest absolute Gasteiger partial charge is 0.542 e. The summed E-state index contributed by atoms with van der Waals surface area (Å²) in [4.78, 5) is 40.1. The van der Waals surface area contributed by atoms with Gasteiger partial charge in [-0.3, -0.25) is 14.5 Å². The number of thioether (sulfide) groups is 2. The number of amides is 2. The van der Waals surface area contributed by atoms with Crippen molar-refractivity contribution in [3.8, 4) is 0 Å². The molecule has 0 aromatic rings. The van der Waals surface area contributed by atoms with Crippen LogP contribution in [0.2, 0.25) is 0 Å². The van der Waals surface area contributed by atoms with Gasteiger partial charge in [-0.25, -0.2) is 4.79 Å². The lowest BCUT2D eigenvalue weighted by Crippen LogP contribution is -2.64. The third-order valence-electron chi connectivity index (χ3n) is 4.65. The smallest absolute Gasteiger partial charge is 0.410 e. The van der Waals surface area contributed by atoms with E-state index in [-0.39, 0.29) is 23.9 Å². The molecule has 1 unspecified atom stereocenters. The minimum absolute atomic E-state index is 0.162. The molecular formula is C16H24BN3O6S2. The molecular weight excluding hydrogens is 405 g/mol. The van der Waals surface area contributed by atoms with Crippen molar-refractivity contribution in [2.45, 2.75) is 47.9 Å². The second kappa shape index (κ2) is 7.96. The minimum Gasteiger partial charge on any atom is -0.542 e. The van der Waals surface area contributed by atoms with E-state index in [2.05, 4.69) is 4.65 Å². The van der Waals surface area contributed by atoms with E-state index in [9.17, 15) is 14.4 Å². The highest BCUT2D eigenvalue weighted by Gasteiger charge is 2.61. The molecule has 2 amide bonds. The maximum absolute atomic E-state index is 12.5. The summed E-state index contributed by atoms with van der Waals surface area (Å²) < 4.78 is 14.4. The molecule has 0 saturated carbocycles. The highest BCUT2D eigenvalue weighted by Crippen LogP contribution is 2.52. The van der Waals surface area contributed by atoms with Crippen LogP contribution in [0.1, 0.15) is 20.8 Å². The SMILES string of the molecule is [B]OC(=O)[C@@]1(SC[C@H]2COCCN2C(=O)OC(C)(C)C)CN2C(=O)[C@@H](N)C2S1. The molecule has 3 aliphatic rings. The Hall–Kier alpha value is -1.11. The molecule has 0 aromatic carbocycles. The van der Waals surface area contributed by atoms with Gasteiger partial charge in [0.05, 0.1) is 25.8 Å². The Bertz CT molecular complexity index is 663. The van der Waals surface area contributed by atoms with Crippen molar-refractivity contribution in [3.05, 3.63) is 0 Å². The van der Waals surface area contributed by atoms with Gasteiger partial charge in [0, 0.05) is 12.3 Å². The van der Waals surface area contributed by atoms with Gasteiger partial charge in [-0.15, -0.1) is 23.5 Å². The first-order valence-corrected chi connectivity index (χ1v) is 10.8. The maximum atomic E-state index is 12.5. The molecule has 3 saturated heterocycles. The summed E-state index contributed by atoms with van der Waals surface area (Å²) in [6.45, 7) is 6.74. The van der Waals surface area contributed by atoms with Crippen molar-refractivity contribution < 1.29 is 28.5 Å². The van der Waals surface area contributed by atoms with Crippen LogP contribution in [-0.2, 0) is 23.7 Å². The molecule has 3 aliphatic heterocycles. The standard InChI is InChI=1S/C16H24BN3O6S2/c1-15(2,3)25-14(23)19-4-5-24-6-9(19)7-27-16(13(22)26-17)8-20-11(21)10(18)12(20)28-16/h9-10,12H,4-8,18H2,1-3H3/t9-,10-,12?,16-/m1/s1. The van der Waals surface area contributed by atoms with Crippen LogP contribution >= 0.6 is 23.5 Å². The number of morpholine rings is 1. The van der Waals surface area contributed by atoms with Gasteiger partial charge in [-0.1, -0.05) is 0 Å². The summed E-state index contributed by atoms with van der Waals surface area (Å²) in [5.74, 6) is -0.427. The van der Waals surface area contributed by atoms with Gasteiger partial charge < -0.3 is 24.8 Å². The number of nitrogens with zero attached hydrogens (tertiary/aromatic N) is 2. The average Bonchev–Trinajstić information content (AvgIpc) is 3.01. The van der Waals surface area contributed by atoms with Crippen molar-refractivity contribution in [1.82, 2.24) is 9.80 Å². The monoisotopic (exact) mass is 429 g/mol. The first kappa shape index (κ1) is 21.6. The molecule has 9 nitrogen and oxygen atoms in total. The number of β-lactam (4-membered cyclic amide) rings is 1. The number of ether oxygens (including phenoxy) is 2. The molecule has 3 heterocycles. The summed E-state index contributed by atoms with van der Waals surface area (Å²) in [7, 11) is 5.15. The van der Waals surface area contributed by atoms with Crippen LogP contribution < -0.4 is 5.73 Å². The average molecular weight is 429 g/mol. The molecule has 28 heavy (non-hydrogen) atoms. The van der Waals surface area contributed by atoms with Crippen LogP contribution in [0.5, 0.6) is 0 Å². The first-order valence-electron chi connectivity index (χ1n) is 8.94. The molecule has 0 bridgehead atoms. The fourth-order valence-corrected chi connectivity index (χ4v) is 6.46. The van der Waals surface area contributed by atoms with E-state index in [0.717, 1.165) is 0 Å². The lowest BCUT2D eigenvalue weighted by molar-refractivity contribution is -0.144. The Morgan fingerprint density at radius 3 is 2.79 bits per heavy atom. The third-order valence-corrected chi connectivity index (χ3v) is 8.08.